The van der Waals surface area contributed by atoms with E-state index >= 15 is 0 Å². The van der Waals surface area contributed by atoms with Crippen LogP contribution in [0.15, 0.2) is 48.5 Å². The topological polar surface area (TPSA) is 38.1 Å². The number of imidazole rings is 1. The second kappa shape index (κ2) is 9.66. The molecule has 2 fully saturated rings. The third-order valence-corrected chi connectivity index (χ3v) is 7.49. The molecule has 0 N–H and O–H groups in total. The van der Waals surface area contributed by atoms with Crippen LogP contribution in [0.5, 0.6) is 0 Å². The first-order valence-corrected chi connectivity index (χ1v) is 12.6. The summed E-state index contributed by atoms with van der Waals surface area (Å²) in [4.78, 5) is 21.2. The van der Waals surface area contributed by atoms with Crippen LogP contribution in [-0.2, 0) is 11.3 Å². The molecule has 2 aliphatic carbocycles. The molecule has 168 valence electrons. The standard InChI is InChI=1S/C27H32ClN3O/c28-21-11-9-10-20(18-21)27-29-24-16-7-8-17-25(24)30(27)19-26(32)31(22-12-3-1-4-13-22)23-14-5-2-6-15-23/h7-11,16-18,22-23H,1-6,12-15,19H2. The molecular weight excluding hydrogens is 418 g/mol. The Morgan fingerprint density at radius 2 is 1.56 bits per heavy atom. The maximum absolute atomic E-state index is 14.0. The lowest BCUT2D eigenvalue weighted by molar-refractivity contribution is -0.138. The molecule has 0 aliphatic heterocycles. The number of amides is 1. The number of rotatable bonds is 5. The molecule has 5 rings (SSSR count). The minimum atomic E-state index is 0.246. The number of nitrogens with zero attached hydrogens (tertiary/aromatic N) is 3. The summed E-state index contributed by atoms with van der Waals surface area (Å²) < 4.78 is 2.10. The fourth-order valence-corrected chi connectivity index (χ4v) is 5.91. The van der Waals surface area contributed by atoms with Gasteiger partial charge in [0.2, 0.25) is 5.91 Å². The van der Waals surface area contributed by atoms with Gasteiger partial charge in [-0.1, -0.05) is 74.4 Å². The highest BCUT2D eigenvalue weighted by atomic mass is 35.5. The van der Waals surface area contributed by atoms with E-state index < -0.39 is 0 Å². The molecule has 32 heavy (non-hydrogen) atoms. The van der Waals surface area contributed by atoms with E-state index in [1.807, 2.05) is 42.5 Å². The molecule has 1 heterocycles. The molecule has 2 aliphatic rings. The first-order valence-electron chi connectivity index (χ1n) is 12.2. The van der Waals surface area contributed by atoms with E-state index in [0.717, 1.165) is 48.1 Å². The van der Waals surface area contributed by atoms with Gasteiger partial charge in [-0.25, -0.2) is 4.98 Å². The van der Waals surface area contributed by atoms with Gasteiger partial charge < -0.3 is 9.47 Å². The molecule has 0 spiro atoms. The van der Waals surface area contributed by atoms with E-state index in [-0.39, 0.29) is 5.91 Å². The van der Waals surface area contributed by atoms with Crippen molar-refractivity contribution in [2.45, 2.75) is 82.8 Å². The first-order chi connectivity index (χ1) is 15.7. The zero-order valence-corrected chi connectivity index (χ0v) is 19.4. The van der Waals surface area contributed by atoms with E-state index in [9.17, 15) is 4.79 Å². The Balaban J connectivity index is 1.51. The van der Waals surface area contributed by atoms with Crippen LogP contribution in [0.1, 0.15) is 64.2 Å². The van der Waals surface area contributed by atoms with Crippen LogP contribution in [0.4, 0.5) is 0 Å². The Bertz CT molecular complexity index is 1060. The van der Waals surface area contributed by atoms with Crippen LogP contribution in [0, 0.1) is 0 Å². The molecule has 0 saturated heterocycles. The van der Waals surface area contributed by atoms with Gasteiger partial charge in [-0.2, -0.15) is 0 Å². The Morgan fingerprint density at radius 1 is 0.906 bits per heavy atom. The normalized spacial score (nSPS) is 18.2. The summed E-state index contributed by atoms with van der Waals surface area (Å²) in [5.74, 6) is 1.06. The van der Waals surface area contributed by atoms with Crippen LogP contribution in [0.2, 0.25) is 5.02 Å². The van der Waals surface area contributed by atoms with Gasteiger partial charge in [0.1, 0.15) is 12.4 Å². The van der Waals surface area contributed by atoms with Crippen LogP contribution in [0.25, 0.3) is 22.4 Å². The smallest absolute Gasteiger partial charge is 0.243 e. The highest BCUT2D eigenvalue weighted by molar-refractivity contribution is 6.30. The van der Waals surface area contributed by atoms with E-state index in [1.165, 1.54) is 38.5 Å². The molecule has 4 nitrogen and oxygen atoms in total. The van der Waals surface area contributed by atoms with Crippen molar-refractivity contribution in [3.63, 3.8) is 0 Å². The van der Waals surface area contributed by atoms with Crippen molar-refractivity contribution in [1.29, 1.82) is 0 Å². The highest BCUT2D eigenvalue weighted by Crippen LogP contribution is 2.32. The number of aromatic nitrogens is 2. The second-order valence-electron chi connectivity index (χ2n) is 9.41. The lowest BCUT2D eigenvalue weighted by Crippen LogP contribution is -2.50. The quantitative estimate of drug-likeness (QED) is 0.427. The van der Waals surface area contributed by atoms with Crippen molar-refractivity contribution >= 4 is 28.5 Å². The average molecular weight is 450 g/mol. The number of carbonyl (C=O) groups is 1. The van der Waals surface area contributed by atoms with Gasteiger partial charge in [-0.05, 0) is 49.9 Å². The molecule has 0 radical (unpaired) electrons. The highest BCUT2D eigenvalue weighted by Gasteiger charge is 2.33. The van der Waals surface area contributed by atoms with Gasteiger partial charge in [0.15, 0.2) is 0 Å². The van der Waals surface area contributed by atoms with Crippen molar-refractivity contribution in [3.05, 3.63) is 53.6 Å². The van der Waals surface area contributed by atoms with Crippen molar-refractivity contribution in [2.75, 3.05) is 0 Å². The number of benzene rings is 2. The summed E-state index contributed by atoms with van der Waals surface area (Å²) in [6.07, 6.45) is 12.1. The Morgan fingerprint density at radius 3 is 2.22 bits per heavy atom. The Kier molecular flexibility index (Phi) is 6.49. The van der Waals surface area contributed by atoms with Gasteiger partial charge in [-0.3, -0.25) is 4.79 Å². The molecular formula is C27H32ClN3O. The number of hydrogen-bond acceptors (Lipinski definition) is 2. The van der Waals surface area contributed by atoms with Crippen LogP contribution >= 0.6 is 11.6 Å². The molecule has 5 heteroatoms. The number of para-hydroxylation sites is 2. The van der Waals surface area contributed by atoms with Gasteiger partial charge in [0, 0.05) is 22.7 Å². The van der Waals surface area contributed by atoms with E-state index in [1.54, 1.807) is 0 Å². The third-order valence-electron chi connectivity index (χ3n) is 7.25. The molecule has 1 aromatic heterocycles. The average Bonchev–Trinajstić information content (AvgIpc) is 3.19. The summed E-state index contributed by atoms with van der Waals surface area (Å²) in [5, 5.41) is 0.679. The number of fused-ring (bicyclic) bond motifs is 1. The third kappa shape index (κ3) is 4.43. The molecule has 0 atom stereocenters. The van der Waals surface area contributed by atoms with Crippen molar-refractivity contribution in [3.8, 4) is 11.4 Å². The number of carbonyl (C=O) groups excluding carboxylic acids is 1. The predicted molar refractivity (Wildman–Crippen MR) is 131 cm³/mol. The predicted octanol–water partition coefficient (Wildman–Crippen LogP) is 6.85. The zero-order chi connectivity index (χ0) is 21.9. The SMILES string of the molecule is O=C(Cn1c(-c2cccc(Cl)c2)nc2ccccc21)N(C1CCCCC1)C1CCCCC1. The fourth-order valence-electron chi connectivity index (χ4n) is 5.72. The fraction of sp³-hybridized carbons (Fsp3) is 0.481. The maximum atomic E-state index is 14.0. The van der Waals surface area contributed by atoms with E-state index in [4.69, 9.17) is 16.6 Å². The molecule has 3 aromatic rings. The number of hydrogen-bond donors (Lipinski definition) is 0. The van der Waals surface area contributed by atoms with Crippen molar-refractivity contribution in [1.82, 2.24) is 14.5 Å². The van der Waals surface area contributed by atoms with Crippen LogP contribution in [0.3, 0.4) is 0 Å². The minimum absolute atomic E-state index is 0.246. The minimum Gasteiger partial charge on any atom is -0.335 e. The summed E-state index contributed by atoms with van der Waals surface area (Å²) in [5.41, 5.74) is 2.86. The van der Waals surface area contributed by atoms with Gasteiger partial charge >= 0.3 is 0 Å². The zero-order valence-electron chi connectivity index (χ0n) is 18.7. The van der Waals surface area contributed by atoms with E-state index in [2.05, 4.69) is 15.5 Å². The van der Waals surface area contributed by atoms with Crippen molar-refractivity contribution in [2.24, 2.45) is 0 Å². The van der Waals surface area contributed by atoms with Gasteiger partial charge in [0.25, 0.3) is 0 Å². The summed E-state index contributed by atoms with van der Waals surface area (Å²) in [6, 6.07) is 16.7. The lowest BCUT2D eigenvalue weighted by atomic mass is 9.88. The monoisotopic (exact) mass is 449 g/mol. The van der Waals surface area contributed by atoms with Gasteiger partial charge in [0.05, 0.1) is 11.0 Å². The van der Waals surface area contributed by atoms with E-state index in [0.29, 0.717) is 23.7 Å². The molecule has 2 saturated carbocycles. The first kappa shape index (κ1) is 21.5. The van der Waals surface area contributed by atoms with Crippen LogP contribution in [-0.4, -0.2) is 32.4 Å². The lowest BCUT2D eigenvalue weighted by Gasteiger charge is -2.42. The number of halogens is 1. The maximum Gasteiger partial charge on any atom is 0.243 e. The van der Waals surface area contributed by atoms with Crippen LogP contribution < -0.4 is 0 Å². The molecule has 0 bridgehead atoms. The summed E-state index contributed by atoms with van der Waals surface area (Å²) in [7, 11) is 0. The van der Waals surface area contributed by atoms with Crippen molar-refractivity contribution < 1.29 is 4.79 Å². The Hall–Kier alpha value is -2.33. The largest absolute Gasteiger partial charge is 0.335 e. The molecule has 1 amide bonds. The molecule has 2 aromatic carbocycles. The summed E-state index contributed by atoms with van der Waals surface area (Å²) in [6.45, 7) is 0.329. The summed E-state index contributed by atoms with van der Waals surface area (Å²) >= 11 is 6.29. The second-order valence-corrected chi connectivity index (χ2v) is 9.84. The molecule has 0 unspecified atom stereocenters. The van der Waals surface area contributed by atoms with Gasteiger partial charge in [-0.15, -0.1) is 0 Å². The Labute approximate surface area is 195 Å².